The SMILES string of the molecule is CCOC(=O)Oc1c2cccc(CC)c2cc2cccc(CC)c12. The summed E-state index contributed by atoms with van der Waals surface area (Å²) in [4.78, 5) is 12.0. The van der Waals surface area contributed by atoms with Crippen LogP contribution in [0.15, 0.2) is 42.5 Å². The fourth-order valence-electron chi connectivity index (χ4n) is 3.23. The second-order valence-corrected chi connectivity index (χ2v) is 5.73. The molecule has 3 heteroatoms. The van der Waals surface area contributed by atoms with Crippen LogP contribution in [0.4, 0.5) is 4.79 Å². The summed E-state index contributed by atoms with van der Waals surface area (Å²) in [5.74, 6) is 0.605. The molecule has 3 aromatic carbocycles. The maximum absolute atomic E-state index is 12.0. The van der Waals surface area contributed by atoms with E-state index in [9.17, 15) is 4.79 Å². The Morgan fingerprint density at radius 3 is 2.33 bits per heavy atom. The summed E-state index contributed by atoms with van der Waals surface area (Å²) in [7, 11) is 0. The number of benzene rings is 3. The number of hydrogen-bond acceptors (Lipinski definition) is 3. The number of ether oxygens (including phenoxy) is 2. The van der Waals surface area contributed by atoms with Gasteiger partial charge in [-0.05, 0) is 47.7 Å². The Bertz CT molecular complexity index is 896. The second-order valence-electron chi connectivity index (χ2n) is 5.73. The number of carbonyl (C=O) groups excluding carboxylic acids is 1. The largest absolute Gasteiger partial charge is 0.513 e. The van der Waals surface area contributed by atoms with Gasteiger partial charge in [0, 0.05) is 10.8 Å². The summed E-state index contributed by atoms with van der Waals surface area (Å²) >= 11 is 0. The molecule has 0 N–H and O–H groups in total. The van der Waals surface area contributed by atoms with E-state index in [1.54, 1.807) is 6.92 Å². The van der Waals surface area contributed by atoms with Gasteiger partial charge in [0.2, 0.25) is 0 Å². The van der Waals surface area contributed by atoms with E-state index in [1.165, 1.54) is 5.56 Å². The summed E-state index contributed by atoms with van der Waals surface area (Å²) < 4.78 is 10.7. The summed E-state index contributed by atoms with van der Waals surface area (Å²) in [6, 6.07) is 14.5. The molecule has 0 saturated heterocycles. The van der Waals surface area contributed by atoms with E-state index in [4.69, 9.17) is 9.47 Å². The zero-order valence-electron chi connectivity index (χ0n) is 14.4. The van der Waals surface area contributed by atoms with Crippen molar-refractivity contribution in [3.8, 4) is 5.75 Å². The van der Waals surface area contributed by atoms with Crippen LogP contribution >= 0.6 is 0 Å². The number of rotatable bonds is 4. The summed E-state index contributed by atoms with van der Waals surface area (Å²) in [6.07, 6.45) is 1.14. The fraction of sp³-hybridized carbons (Fsp3) is 0.286. The number of aryl methyl sites for hydroxylation is 2. The first-order chi connectivity index (χ1) is 11.7. The summed E-state index contributed by atoms with van der Waals surface area (Å²) in [5, 5.41) is 4.16. The molecule has 3 nitrogen and oxygen atoms in total. The monoisotopic (exact) mass is 322 g/mol. The topological polar surface area (TPSA) is 35.5 Å². The lowest BCUT2D eigenvalue weighted by Gasteiger charge is -2.15. The Hall–Kier alpha value is -2.55. The average Bonchev–Trinajstić information content (AvgIpc) is 2.60. The van der Waals surface area contributed by atoms with Gasteiger partial charge in [0.25, 0.3) is 0 Å². The van der Waals surface area contributed by atoms with Gasteiger partial charge in [-0.2, -0.15) is 0 Å². The molecule has 0 amide bonds. The molecule has 0 radical (unpaired) electrons. The predicted octanol–water partition coefficient (Wildman–Crippen LogP) is 5.65. The standard InChI is InChI=1S/C21H22O3/c1-4-14-9-8-12-17-18(14)13-16-11-7-10-15(5-2)19(16)20(17)24-21(22)23-6-3/h7-13H,4-6H2,1-3H3. The van der Waals surface area contributed by atoms with E-state index in [0.717, 1.165) is 39.9 Å². The van der Waals surface area contributed by atoms with Crippen LogP contribution in [0.2, 0.25) is 0 Å². The van der Waals surface area contributed by atoms with Crippen molar-refractivity contribution in [2.75, 3.05) is 6.61 Å². The van der Waals surface area contributed by atoms with E-state index in [-0.39, 0.29) is 0 Å². The van der Waals surface area contributed by atoms with Crippen molar-refractivity contribution in [2.24, 2.45) is 0 Å². The quantitative estimate of drug-likeness (QED) is 0.353. The van der Waals surface area contributed by atoms with Crippen molar-refractivity contribution in [1.82, 2.24) is 0 Å². The Kier molecular flexibility index (Phi) is 4.70. The molecule has 0 saturated carbocycles. The fourth-order valence-corrected chi connectivity index (χ4v) is 3.23. The van der Waals surface area contributed by atoms with E-state index in [1.807, 2.05) is 12.1 Å². The minimum absolute atomic E-state index is 0.294. The molecule has 3 rings (SSSR count). The minimum atomic E-state index is -0.654. The molecule has 0 aliphatic carbocycles. The van der Waals surface area contributed by atoms with Crippen LogP contribution < -0.4 is 4.74 Å². The number of carbonyl (C=O) groups is 1. The molecular formula is C21H22O3. The third kappa shape index (κ3) is 2.82. The summed E-state index contributed by atoms with van der Waals surface area (Å²) in [5.41, 5.74) is 2.40. The van der Waals surface area contributed by atoms with Crippen molar-refractivity contribution in [3.63, 3.8) is 0 Å². The van der Waals surface area contributed by atoms with Crippen molar-refractivity contribution in [1.29, 1.82) is 0 Å². The zero-order chi connectivity index (χ0) is 17.1. The highest BCUT2D eigenvalue weighted by molar-refractivity contribution is 6.08. The Labute approximate surface area is 142 Å². The predicted molar refractivity (Wildman–Crippen MR) is 97.9 cm³/mol. The third-order valence-electron chi connectivity index (χ3n) is 4.36. The Morgan fingerprint density at radius 1 is 0.917 bits per heavy atom. The van der Waals surface area contributed by atoms with E-state index in [2.05, 4.69) is 44.2 Å². The maximum Gasteiger partial charge on any atom is 0.513 e. The van der Waals surface area contributed by atoms with Crippen LogP contribution in [-0.2, 0) is 17.6 Å². The molecule has 0 atom stereocenters. The van der Waals surface area contributed by atoms with Gasteiger partial charge in [-0.15, -0.1) is 0 Å². The van der Waals surface area contributed by atoms with Crippen LogP contribution in [0.25, 0.3) is 21.5 Å². The van der Waals surface area contributed by atoms with Gasteiger partial charge in [-0.25, -0.2) is 4.79 Å². The lowest BCUT2D eigenvalue weighted by molar-refractivity contribution is 0.105. The van der Waals surface area contributed by atoms with Gasteiger partial charge >= 0.3 is 6.16 Å². The van der Waals surface area contributed by atoms with Crippen LogP contribution in [0, 0.1) is 0 Å². The van der Waals surface area contributed by atoms with Crippen molar-refractivity contribution >= 4 is 27.7 Å². The summed E-state index contributed by atoms with van der Waals surface area (Å²) in [6.45, 7) is 6.31. The molecule has 0 spiro atoms. The normalized spacial score (nSPS) is 11.0. The smallest absolute Gasteiger partial charge is 0.434 e. The highest BCUT2D eigenvalue weighted by Crippen LogP contribution is 2.38. The molecule has 0 bridgehead atoms. The van der Waals surface area contributed by atoms with E-state index >= 15 is 0 Å². The molecule has 0 unspecified atom stereocenters. The van der Waals surface area contributed by atoms with Crippen LogP contribution in [0.3, 0.4) is 0 Å². The van der Waals surface area contributed by atoms with Gasteiger partial charge in [0.1, 0.15) is 5.75 Å². The molecular weight excluding hydrogens is 300 g/mol. The van der Waals surface area contributed by atoms with E-state index < -0.39 is 6.16 Å². The molecule has 0 aliphatic rings. The van der Waals surface area contributed by atoms with Crippen LogP contribution in [0.1, 0.15) is 31.9 Å². The number of hydrogen-bond donors (Lipinski definition) is 0. The van der Waals surface area contributed by atoms with Gasteiger partial charge in [-0.3, -0.25) is 0 Å². The van der Waals surface area contributed by atoms with Gasteiger partial charge in [0.15, 0.2) is 0 Å². The molecule has 0 aliphatic heterocycles. The van der Waals surface area contributed by atoms with Crippen molar-refractivity contribution in [3.05, 3.63) is 53.6 Å². The first kappa shape index (κ1) is 16.3. The lowest BCUT2D eigenvalue weighted by atomic mass is 9.94. The molecule has 3 aromatic rings. The van der Waals surface area contributed by atoms with Crippen molar-refractivity contribution < 1.29 is 14.3 Å². The molecule has 0 heterocycles. The maximum atomic E-state index is 12.0. The third-order valence-corrected chi connectivity index (χ3v) is 4.36. The first-order valence-electron chi connectivity index (χ1n) is 8.50. The van der Waals surface area contributed by atoms with Crippen LogP contribution in [-0.4, -0.2) is 12.8 Å². The van der Waals surface area contributed by atoms with Crippen molar-refractivity contribution in [2.45, 2.75) is 33.6 Å². The highest BCUT2D eigenvalue weighted by atomic mass is 16.7. The molecule has 0 aromatic heterocycles. The van der Waals surface area contributed by atoms with Gasteiger partial charge in [-0.1, -0.05) is 50.2 Å². The first-order valence-corrected chi connectivity index (χ1v) is 8.50. The highest BCUT2D eigenvalue weighted by Gasteiger charge is 2.17. The second kappa shape index (κ2) is 6.91. The zero-order valence-corrected chi connectivity index (χ0v) is 14.4. The van der Waals surface area contributed by atoms with Gasteiger partial charge < -0.3 is 9.47 Å². The Morgan fingerprint density at radius 2 is 1.62 bits per heavy atom. The van der Waals surface area contributed by atoms with E-state index in [0.29, 0.717) is 12.4 Å². The average molecular weight is 322 g/mol. The number of fused-ring (bicyclic) bond motifs is 2. The van der Waals surface area contributed by atoms with Gasteiger partial charge in [0.05, 0.1) is 6.61 Å². The Balaban J connectivity index is 2.37. The molecule has 0 fully saturated rings. The molecule has 24 heavy (non-hydrogen) atoms. The minimum Gasteiger partial charge on any atom is -0.434 e. The van der Waals surface area contributed by atoms with Crippen LogP contribution in [0.5, 0.6) is 5.75 Å². The molecule has 124 valence electrons. The lowest BCUT2D eigenvalue weighted by Crippen LogP contribution is -2.11.